The summed E-state index contributed by atoms with van der Waals surface area (Å²) in [6.45, 7) is 2.99. The van der Waals surface area contributed by atoms with Crippen LogP contribution in [0.4, 0.5) is 0 Å². The van der Waals surface area contributed by atoms with E-state index in [2.05, 4.69) is 6.92 Å². The lowest BCUT2D eigenvalue weighted by Gasteiger charge is -2.39. The van der Waals surface area contributed by atoms with Crippen LogP contribution in [-0.4, -0.2) is 27.0 Å². The zero-order valence-corrected chi connectivity index (χ0v) is 11.4. The number of nitrogens with two attached hydrogens (primary N) is 1. The summed E-state index contributed by atoms with van der Waals surface area (Å²) >= 11 is 0. The molecule has 1 rings (SSSR count). The molecule has 1 fully saturated rings. The smallest absolute Gasteiger partial charge is 0.147 e. The average molecular weight is 247 g/mol. The van der Waals surface area contributed by atoms with Gasteiger partial charge in [0.25, 0.3) is 0 Å². The molecule has 1 aliphatic rings. The Hall–Kier alpha value is -0.0900. The van der Waals surface area contributed by atoms with Gasteiger partial charge in [0, 0.05) is 12.0 Å². The first-order chi connectivity index (χ1) is 7.37. The predicted octanol–water partition coefficient (Wildman–Crippen LogP) is 1.97. The fourth-order valence-electron chi connectivity index (χ4n) is 2.99. The van der Waals surface area contributed by atoms with Gasteiger partial charge < -0.3 is 5.73 Å². The molecule has 2 N–H and O–H groups in total. The van der Waals surface area contributed by atoms with Crippen molar-refractivity contribution >= 4 is 9.84 Å². The zero-order chi connectivity index (χ0) is 12.2. The molecule has 0 heterocycles. The highest BCUT2D eigenvalue weighted by molar-refractivity contribution is 7.90. The van der Waals surface area contributed by atoms with Crippen molar-refractivity contribution in [1.29, 1.82) is 0 Å². The van der Waals surface area contributed by atoms with E-state index in [4.69, 9.17) is 5.73 Å². The van der Waals surface area contributed by atoms with Gasteiger partial charge in [0.15, 0.2) is 0 Å². The van der Waals surface area contributed by atoms with Gasteiger partial charge in [0.05, 0.1) is 0 Å². The van der Waals surface area contributed by atoms with Gasteiger partial charge in [-0.15, -0.1) is 0 Å². The van der Waals surface area contributed by atoms with E-state index in [0.717, 1.165) is 18.8 Å². The maximum absolute atomic E-state index is 11.1. The Bertz CT molecular complexity index is 313. The Morgan fingerprint density at radius 3 is 2.62 bits per heavy atom. The normalized spacial score (nSPS) is 31.6. The fraction of sp³-hybridized carbons (Fsp3) is 1.00. The highest BCUT2D eigenvalue weighted by atomic mass is 32.2. The minimum absolute atomic E-state index is 0.225. The molecule has 4 heteroatoms. The molecule has 2 atom stereocenters. The number of hydrogen-bond acceptors (Lipinski definition) is 3. The average Bonchev–Trinajstić information content (AvgIpc) is 2.16. The fourth-order valence-corrected chi connectivity index (χ4v) is 3.66. The van der Waals surface area contributed by atoms with Crippen molar-refractivity contribution in [3.63, 3.8) is 0 Å². The summed E-state index contributed by atoms with van der Waals surface area (Å²) in [5, 5.41) is 0. The summed E-state index contributed by atoms with van der Waals surface area (Å²) < 4.78 is 22.2. The lowest BCUT2D eigenvalue weighted by molar-refractivity contribution is 0.141. The first-order valence-corrected chi connectivity index (χ1v) is 8.31. The third-order valence-electron chi connectivity index (χ3n) is 3.84. The molecule has 0 aromatic carbocycles. The third kappa shape index (κ3) is 4.42. The molecule has 0 bridgehead atoms. The van der Waals surface area contributed by atoms with E-state index in [1.807, 2.05) is 0 Å². The predicted molar refractivity (Wildman–Crippen MR) is 68.1 cm³/mol. The lowest BCUT2D eigenvalue weighted by Crippen LogP contribution is -2.35. The molecule has 2 unspecified atom stereocenters. The van der Waals surface area contributed by atoms with Crippen molar-refractivity contribution in [3.8, 4) is 0 Å². The monoisotopic (exact) mass is 247 g/mol. The Morgan fingerprint density at radius 2 is 2.12 bits per heavy atom. The van der Waals surface area contributed by atoms with E-state index in [-0.39, 0.29) is 5.41 Å². The van der Waals surface area contributed by atoms with Crippen molar-refractivity contribution in [1.82, 2.24) is 0 Å². The summed E-state index contributed by atoms with van der Waals surface area (Å²) in [6.07, 6.45) is 7.95. The second kappa shape index (κ2) is 5.50. The van der Waals surface area contributed by atoms with Crippen molar-refractivity contribution < 1.29 is 8.42 Å². The Morgan fingerprint density at radius 1 is 1.44 bits per heavy atom. The van der Waals surface area contributed by atoms with Gasteiger partial charge in [-0.25, -0.2) is 8.42 Å². The third-order valence-corrected chi connectivity index (χ3v) is 4.87. The number of hydrogen-bond donors (Lipinski definition) is 1. The second-order valence-corrected chi connectivity index (χ2v) is 7.90. The van der Waals surface area contributed by atoms with Crippen molar-refractivity contribution in [2.45, 2.75) is 45.4 Å². The molecule has 0 aromatic heterocycles. The zero-order valence-electron chi connectivity index (χ0n) is 10.5. The van der Waals surface area contributed by atoms with E-state index in [9.17, 15) is 8.42 Å². The quantitative estimate of drug-likeness (QED) is 0.808. The van der Waals surface area contributed by atoms with Gasteiger partial charge in [-0.2, -0.15) is 0 Å². The van der Waals surface area contributed by atoms with Crippen molar-refractivity contribution in [2.24, 2.45) is 17.1 Å². The van der Waals surface area contributed by atoms with Gasteiger partial charge in [0.2, 0.25) is 0 Å². The van der Waals surface area contributed by atoms with Crippen LogP contribution in [-0.2, 0) is 9.84 Å². The first kappa shape index (κ1) is 14.0. The van der Waals surface area contributed by atoms with Crippen LogP contribution in [0.1, 0.15) is 45.4 Å². The Balaban J connectivity index is 2.47. The van der Waals surface area contributed by atoms with Crippen LogP contribution in [0, 0.1) is 11.3 Å². The summed E-state index contributed by atoms with van der Waals surface area (Å²) in [7, 11) is -2.81. The number of sulfone groups is 1. The summed E-state index contributed by atoms with van der Waals surface area (Å²) in [6, 6.07) is 0. The Labute approximate surface area is 99.7 Å². The van der Waals surface area contributed by atoms with Crippen LogP contribution < -0.4 is 5.73 Å². The van der Waals surface area contributed by atoms with Gasteiger partial charge in [-0.3, -0.25) is 0 Å². The summed E-state index contributed by atoms with van der Waals surface area (Å²) in [5.41, 5.74) is 6.13. The van der Waals surface area contributed by atoms with E-state index in [0.29, 0.717) is 12.3 Å². The van der Waals surface area contributed by atoms with Gasteiger partial charge in [-0.1, -0.05) is 19.8 Å². The molecule has 0 radical (unpaired) electrons. The van der Waals surface area contributed by atoms with Gasteiger partial charge >= 0.3 is 0 Å². The standard InChI is InChI=1S/C12H25NO2S/c1-11-5-3-6-12(9-11,10-13)7-4-8-16(2,14)15/h11H,3-10,13H2,1-2H3. The summed E-state index contributed by atoms with van der Waals surface area (Å²) in [5.74, 6) is 1.05. The van der Waals surface area contributed by atoms with Crippen LogP contribution in [0.25, 0.3) is 0 Å². The maximum Gasteiger partial charge on any atom is 0.147 e. The van der Waals surface area contributed by atoms with Crippen LogP contribution >= 0.6 is 0 Å². The maximum atomic E-state index is 11.1. The van der Waals surface area contributed by atoms with Crippen molar-refractivity contribution in [2.75, 3.05) is 18.6 Å². The lowest BCUT2D eigenvalue weighted by atomic mass is 9.68. The highest BCUT2D eigenvalue weighted by Gasteiger charge is 2.33. The minimum Gasteiger partial charge on any atom is -0.330 e. The number of rotatable bonds is 5. The molecule has 0 aliphatic heterocycles. The molecule has 0 amide bonds. The molecule has 96 valence electrons. The van der Waals surface area contributed by atoms with Gasteiger partial charge in [0.1, 0.15) is 9.84 Å². The largest absolute Gasteiger partial charge is 0.330 e. The molecule has 0 spiro atoms. The molecular weight excluding hydrogens is 222 g/mol. The SMILES string of the molecule is CC1CCCC(CN)(CCCS(C)(=O)=O)C1. The minimum atomic E-state index is -2.81. The Kier molecular flexibility index (Phi) is 4.80. The summed E-state index contributed by atoms with van der Waals surface area (Å²) in [4.78, 5) is 0. The van der Waals surface area contributed by atoms with Crippen LogP contribution in [0.3, 0.4) is 0 Å². The molecule has 3 nitrogen and oxygen atoms in total. The first-order valence-electron chi connectivity index (χ1n) is 6.25. The highest BCUT2D eigenvalue weighted by Crippen LogP contribution is 2.41. The topological polar surface area (TPSA) is 60.2 Å². The van der Waals surface area contributed by atoms with E-state index < -0.39 is 9.84 Å². The van der Waals surface area contributed by atoms with Crippen LogP contribution in [0.15, 0.2) is 0 Å². The second-order valence-electron chi connectivity index (χ2n) is 5.64. The van der Waals surface area contributed by atoms with Crippen molar-refractivity contribution in [3.05, 3.63) is 0 Å². The van der Waals surface area contributed by atoms with Gasteiger partial charge in [-0.05, 0) is 43.6 Å². The molecule has 0 saturated heterocycles. The molecule has 16 heavy (non-hydrogen) atoms. The molecule has 1 saturated carbocycles. The van der Waals surface area contributed by atoms with Crippen LogP contribution in [0.5, 0.6) is 0 Å². The van der Waals surface area contributed by atoms with Crippen LogP contribution in [0.2, 0.25) is 0 Å². The van der Waals surface area contributed by atoms with E-state index in [1.165, 1.54) is 31.9 Å². The molecular formula is C12H25NO2S. The molecule has 1 aliphatic carbocycles. The van der Waals surface area contributed by atoms with E-state index in [1.54, 1.807) is 0 Å². The van der Waals surface area contributed by atoms with E-state index >= 15 is 0 Å². The molecule has 0 aromatic rings.